The van der Waals surface area contributed by atoms with Gasteiger partial charge in [-0.1, -0.05) is 67.8 Å². The number of halogens is 1. The standard InChI is InChI=1S/C24H28BF/c1-18(19-13-15-24(25)16-14-19)7-8-23(17-26)22-11-9-21(10-12-22)20-5-3-2-4-6-20/h7-13,15,20H,2-6,14,16-17H2,1H3/b18-7+,23-8+. The van der Waals surface area contributed by atoms with Crippen LogP contribution in [0.5, 0.6) is 0 Å². The minimum absolute atomic E-state index is 0.446. The molecular weight excluding hydrogens is 318 g/mol. The number of hydrogen-bond donors (Lipinski definition) is 0. The first kappa shape index (κ1) is 19.0. The number of hydrogen-bond acceptors (Lipinski definition) is 0. The summed E-state index contributed by atoms with van der Waals surface area (Å²) in [7, 11) is 5.82. The number of alkyl halides is 1. The zero-order chi connectivity index (χ0) is 18.4. The van der Waals surface area contributed by atoms with Gasteiger partial charge in [-0.3, -0.25) is 0 Å². The molecule has 134 valence electrons. The lowest BCUT2D eigenvalue weighted by Crippen LogP contribution is -2.04. The van der Waals surface area contributed by atoms with E-state index in [1.807, 2.05) is 18.2 Å². The third kappa shape index (κ3) is 4.87. The highest BCUT2D eigenvalue weighted by molar-refractivity contribution is 6.21. The van der Waals surface area contributed by atoms with Gasteiger partial charge in [0.05, 0.1) is 0 Å². The van der Waals surface area contributed by atoms with Crippen LogP contribution in [0.15, 0.2) is 65.2 Å². The maximum absolute atomic E-state index is 13.6. The molecule has 1 aromatic rings. The van der Waals surface area contributed by atoms with Gasteiger partial charge in [0.2, 0.25) is 0 Å². The summed E-state index contributed by atoms with van der Waals surface area (Å²) in [5.74, 6) is 0.691. The van der Waals surface area contributed by atoms with Gasteiger partial charge >= 0.3 is 0 Å². The molecule has 0 atom stereocenters. The molecule has 0 saturated heterocycles. The van der Waals surface area contributed by atoms with Crippen molar-refractivity contribution in [2.45, 2.75) is 57.8 Å². The molecule has 2 aliphatic rings. The predicted molar refractivity (Wildman–Crippen MR) is 111 cm³/mol. The van der Waals surface area contributed by atoms with E-state index in [4.69, 9.17) is 7.85 Å². The Labute approximate surface area is 159 Å². The zero-order valence-electron chi connectivity index (χ0n) is 15.8. The van der Waals surface area contributed by atoms with Crippen LogP contribution in [0.25, 0.3) is 5.57 Å². The smallest absolute Gasteiger partial charge is 0.115 e. The Balaban J connectivity index is 1.73. The minimum Gasteiger partial charge on any atom is -0.246 e. The minimum atomic E-state index is -0.446. The van der Waals surface area contributed by atoms with E-state index in [9.17, 15) is 4.39 Å². The van der Waals surface area contributed by atoms with Crippen LogP contribution in [-0.4, -0.2) is 14.5 Å². The van der Waals surface area contributed by atoms with Crippen molar-refractivity contribution < 1.29 is 4.39 Å². The van der Waals surface area contributed by atoms with Crippen LogP contribution >= 0.6 is 0 Å². The van der Waals surface area contributed by atoms with Gasteiger partial charge in [-0.05, 0) is 66.4 Å². The summed E-state index contributed by atoms with van der Waals surface area (Å²) in [4.78, 5) is 0. The highest BCUT2D eigenvalue weighted by Gasteiger charge is 2.15. The maximum atomic E-state index is 13.6. The Kier molecular flexibility index (Phi) is 6.71. The van der Waals surface area contributed by atoms with E-state index in [0.717, 1.165) is 29.5 Å². The van der Waals surface area contributed by atoms with Crippen molar-refractivity contribution in [3.05, 3.63) is 76.3 Å². The second-order valence-electron chi connectivity index (χ2n) is 7.57. The van der Waals surface area contributed by atoms with Gasteiger partial charge in [0.1, 0.15) is 14.5 Å². The second-order valence-corrected chi connectivity index (χ2v) is 7.57. The predicted octanol–water partition coefficient (Wildman–Crippen LogP) is 6.81. The van der Waals surface area contributed by atoms with E-state index >= 15 is 0 Å². The van der Waals surface area contributed by atoms with Crippen molar-refractivity contribution in [1.29, 1.82) is 0 Å². The molecule has 3 rings (SSSR count). The number of allylic oxidation sites excluding steroid dienone is 8. The SMILES string of the molecule is [B]C1=CC=C(/C(C)=C/C=C(\CF)c2ccc(C3CCCCC3)cc2)CC1. The largest absolute Gasteiger partial charge is 0.246 e. The molecule has 1 saturated carbocycles. The first-order valence-electron chi connectivity index (χ1n) is 9.86. The quantitative estimate of drug-likeness (QED) is 0.406. The summed E-state index contributed by atoms with van der Waals surface area (Å²) in [5.41, 5.74) is 6.53. The fourth-order valence-electron chi connectivity index (χ4n) is 3.94. The van der Waals surface area contributed by atoms with Crippen LogP contribution in [0, 0.1) is 0 Å². The van der Waals surface area contributed by atoms with Crippen molar-refractivity contribution >= 4 is 13.4 Å². The summed E-state index contributed by atoms with van der Waals surface area (Å²) < 4.78 is 13.6. The first-order valence-corrected chi connectivity index (χ1v) is 9.86. The average molecular weight is 346 g/mol. The molecule has 0 amide bonds. The molecule has 0 spiro atoms. The van der Waals surface area contributed by atoms with E-state index in [1.165, 1.54) is 48.8 Å². The fraction of sp³-hybridized carbons (Fsp3) is 0.417. The lowest BCUT2D eigenvalue weighted by Gasteiger charge is -2.22. The summed E-state index contributed by atoms with van der Waals surface area (Å²) >= 11 is 0. The Bertz CT molecular complexity index is 728. The van der Waals surface area contributed by atoms with Crippen molar-refractivity contribution in [2.24, 2.45) is 0 Å². The van der Waals surface area contributed by atoms with Gasteiger partial charge in [-0.15, -0.1) is 5.47 Å². The second kappa shape index (κ2) is 9.21. The van der Waals surface area contributed by atoms with E-state index in [-0.39, 0.29) is 0 Å². The van der Waals surface area contributed by atoms with Crippen LogP contribution in [0.3, 0.4) is 0 Å². The van der Waals surface area contributed by atoms with Crippen LogP contribution in [0.4, 0.5) is 4.39 Å². The molecule has 0 N–H and O–H groups in total. The lowest BCUT2D eigenvalue weighted by molar-refractivity contribution is 0.443. The van der Waals surface area contributed by atoms with Crippen LogP contribution < -0.4 is 0 Å². The van der Waals surface area contributed by atoms with Gasteiger partial charge in [-0.25, -0.2) is 4.39 Å². The van der Waals surface area contributed by atoms with E-state index in [2.05, 4.69) is 37.3 Å². The Morgan fingerprint density at radius 2 is 1.77 bits per heavy atom. The Morgan fingerprint density at radius 1 is 1.04 bits per heavy atom. The van der Waals surface area contributed by atoms with E-state index < -0.39 is 6.67 Å². The molecule has 0 bridgehead atoms. The molecule has 1 aromatic carbocycles. The van der Waals surface area contributed by atoms with Crippen LogP contribution in [-0.2, 0) is 0 Å². The topological polar surface area (TPSA) is 0 Å². The van der Waals surface area contributed by atoms with Crippen molar-refractivity contribution in [2.75, 3.05) is 6.67 Å². The van der Waals surface area contributed by atoms with Gasteiger partial charge in [0, 0.05) is 0 Å². The molecule has 2 radical (unpaired) electrons. The monoisotopic (exact) mass is 346 g/mol. The van der Waals surface area contributed by atoms with Gasteiger partial charge in [0.25, 0.3) is 0 Å². The third-order valence-electron chi connectivity index (χ3n) is 5.72. The van der Waals surface area contributed by atoms with Gasteiger partial charge in [-0.2, -0.15) is 0 Å². The Hall–Kier alpha value is -1.83. The van der Waals surface area contributed by atoms with Crippen molar-refractivity contribution in [3.63, 3.8) is 0 Å². The number of benzene rings is 1. The summed E-state index contributed by atoms with van der Waals surface area (Å²) in [6, 6.07) is 8.56. The highest BCUT2D eigenvalue weighted by atomic mass is 19.1. The lowest BCUT2D eigenvalue weighted by atomic mass is 9.83. The molecule has 0 aromatic heterocycles. The van der Waals surface area contributed by atoms with Gasteiger partial charge in [0.15, 0.2) is 0 Å². The molecule has 2 heteroatoms. The first-order chi connectivity index (χ1) is 12.7. The molecular formula is C24H28BF. The van der Waals surface area contributed by atoms with Crippen molar-refractivity contribution in [3.8, 4) is 0 Å². The van der Waals surface area contributed by atoms with Crippen molar-refractivity contribution in [1.82, 2.24) is 0 Å². The van der Waals surface area contributed by atoms with Crippen LogP contribution in [0.1, 0.15) is 68.9 Å². The number of rotatable bonds is 5. The normalized spacial score (nSPS) is 19.9. The molecule has 0 heterocycles. The molecule has 2 aliphatic carbocycles. The molecule has 26 heavy (non-hydrogen) atoms. The van der Waals surface area contributed by atoms with Gasteiger partial charge < -0.3 is 0 Å². The average Bonchev–Trinajstić information content (AvgIpc) is 2.70. The molecule has 0 aliphatic heterocycles. The van der Waals surface area contributed by atoms with E-state index in [1.54, 1.807) is 0 Å². The fourth-order valence-corrected chi connectivity index (χ4v) is 3.94. The molecule has 0 unspecified atom stereocenters. The summed E-state index contributed by atoms with van der Waals surface area (Å²) in [5, 5.41) is 0. The van der Waals surface area contributed by atoms with Crippen LogP contribution in [0.2, 0.25) is 0 Å². The highest BCUT2D eigenvalue weighted by Crippen LogP contribution is 2.33. The third-order valence-corrected chi connectivity index (χ3v) is 5.72. The zero-order valence-corrected chi connectivity index (χ0v) is 15.8. The maximum Gasteiger partial charge on any atom is 0.115 e. The molecule has 0 nitrogen and oxygen atoms in total. The summed E-state index contributed by atoms with van der Waals surface area (Å²) in [6.07, 6.45) is 16.5. The summed E-state index contributed by atoms with van der Waals surface area (Å²) in [6.45, 7) is 1.64. The Morgan fingerprint density at radius 3 is 2.38 bits per heavy atom. The molecule has 1 fully saturated rings. The van der Waals surface area contributed by atoms with E-state index in [0.29, 0.717) is 5.92 Å².